The smallest absolute Gasteiger partial charge is 0.260 e. The van der Waals surface area contributed by atoms with Crippen LogP contribution in [0.25, 0.3) is 0 Å². The number of nitrogens with zero attached hydrogens (tertiary/aromatic N) is 1. The van der Waals surface area contributed by atoms with E-state index < -0.39 is 0 Å². The van der Waals surface area contributed by atoms with Gasteiger partial charge in [-0.3, -0.25) is 10.1 Å². The zero-order valence-electron chi connectivity index (χ0n) is 8.48. The predicted octanol–water partition coefficient (Wildman–Crippen LogP) is 2.76. The van der Waals surface area contributed by atoms with Crippen molar-refractivity contribution in [2.75, 3.05) is 5.32 Å². The Balaban J connectivity index is 2.21. The van der Waals surface area contributed by atoms with Gasteiger partial charge in [-0.25, -0.2) is 4.98 Å². The third-order valence-corrected chi connectivity index (χ3v) is 3.07. The van der Waals surface area contributed by atoms with Crippen molar-refractivity contribution in [1.82, 2.24) is 9.97 Å². The summed E-state index contributed by atoms with van der Waals surface area (Å²) >= 11 is 6.45. The molecule has 2 aromatic rings. The molecule has 0 unspecified atom stereocenters. The normalized spacial score (nSPS) is 10.1. The molecule has 0 radical (unpaired) electrons. The Bertz CT molecular complexity index is 573. The summed E-state index contributed by atoms with van der Waals surface area (Å²) in [6.45, 7) is 1.93. The van der Waals surface area contributed by atoms with Crippen LogP contribution < -0.4 is 5.32 Å². The standard InChI is InChI=1S/C10H9N3OS2/c1-6-5-12-10(16-6)13-8(14)7-3-2-4-11-9(7)15/h2-5H,1H3,(H,11,15)(H,12,13,14). The van der Waals surface area contributed by atoms with Crippen molar-refractivity contribution in [3.63, 3.8) is 0 Å². The summed E-state index contributed by atoms with van der Waals surface area (Å²) in [6, 6.07) is 3.41. The summed E-state index contributed by atoms with van der Waals surface area (Å²) in [4.78, 5) is 19.7. The van der Waals surface area contributed by atoms with Crippen molar-refractivity contribution < 1.29 is 4.79 Å². The molecule has 0 fully saturated rings. The number of hydrogen-bond acceptors (Lipinski definition) is 4. The molecule has 1 amide bonds. The van der Waals surface area contributed by atoms with Crippen LogP contribution in [0.4, 0.5) is 5.13 Å². The number of carbonyl (C=O) groups is 1. The molecular formula is C10H9N3OS2. The Morgan fingerprint density at radius 3 is 3.06 bits per heavy atom. The van der Waals surface area contributed by atoms with Gasteiger partial charge in [-0.1, -0.05) is 12.2 Å². The summed E-state index contributed by atoms with van der Waals surface area (Å²) in [5.41, 5.74) is 0.449. The van der Waals surface area contributed by atoms with Crippen LogP contribution in [0, 0.1) is 11.6 Å². The fourth-order valence-electron chi connectivity index (χ4n) is 1.18. The molecule has 6 heteroatoms. The van der Waals surface area contributed by atoms with Gasteiger partial charge in [0.1, 0.15) is 4.64 Å². The summed E-state index contributed by atoms with van der Waals surface area (Å²) in [7, 11) is 0. The summed E-state index contributed by atoms with van der Waals surface area (Å²) in [5.74, 6) is -0.240. The largest absolute Gasteiger partial charge is 0.352 e. The number of aromatic nitrogens is 2. The van der Waals surface area contributed by atoms with Crippen LogP contribution in [-0.4, -0.2) is 15.9 Å². The van der Waals surface area contributed by atoms with Crippen LogP contribution in [0.15, 0.2) is 24.5 Å². The van der Waals surface area contributed by atoms with E-state index in [1.807, 2.05) is 6.92 Å². The fraction of sp³-hybridized carbons (Fsp3) is 0.100. The van der Waals surface area contributed by atoms with E-state index in [2.05, 4.69) is 15.3 Å². The molecule has 2 rings (SSSR count). The number of aromatic amines is 1. The minimum absolute atomic E-state index is 0.240. The second-order valence-corrected chi connectivity index (χ2v) is 4.79. The number of anilines is 1. The molecule has 0 atom stereocenters. The van der Waals surface area contributed by atoms with Crippen LogP contribution >= 0.6 is 23.6 Å². The van der Waals surface area contributed by atoms with Crippen molar-refractivity contribution in [2.45, 2.75) is 6.92 Å². The highest BCUT2D eigenvalue weighted by atomic mass is 32.1. The highest BCUT2D eigenvalue weighted by molar-refractivity contribution is 7.71. The topological polar surface area (TPSA) is 57.8 Å². The molecule has 16 heavy (non-hydrogen) atoms. The van der Waals surface area contributed by atoms with Crippen LogP contribution in [0.2, 0.25) is 0 Å². The van der Waals surface area contributed by atoms with E-state index in [4.69, 9.17) is 12.2 Å². The van der Waals surface area contributed by atoms with Gasteiger partial charge in [0.25, 0.3) is 5.91 Å². The van der Waals surface area contributed by atoms with Crippen LogP contribution in [0.1, 0.15) is 15.2 Å². The molecule has 0 aliphatic heterocycles. The van der Waals surface area contributed by atoms with Crippen LogP contribution in [0.3, 0.4) is 0 Å². The molecule has 0 bridgehead atoms. The first-order chi connectivity index (χ1) is 7.66. The maximum Gasteiger partial charge on any atom is 0.260 e. The number of thiazole rings is 1. The van der Waals surface area contributed by atoms with E-state index in [9.17, 15) is 4.79 Å². The molecular weight excluding hydrogens is 242 g/mol. The molecule has 0 saturated carbocycles. The Morgan fingerprint density at radius 2 is 2.44 bits per heavy atom. The summed E-state index contributed by atoms with van der Waals surface area (Å²) in [6.07, 6.45) is 3.40. The van der Waals surface area contributed by atoms with Crippen molar-refractivity contribution in [3.8, 4) is 0 Å². The number of pyridine rings is 1. The zero-order chi connectivity index (χ0) is 11.5. The number of rotatable bonds is 2. The van der Waals surface area contributed by atoms with E-state index in [0.29, 0.717) is 15.3 Å². The lowest BCUT2D eigenvalue weighted by atomic mass is 10.3. The molecule has 0 aliphatic rings. The van der Waals surface area contributed by atoms with Crippen molar-refractivity contribution in [2.24, 2.45) is 0 Å². The first-order valence-corrected chi connectivity index (χ1v) is 5.81. The van der Waals surface area contributed by atoms with Crippen LogP contribution in [0.5, 0.6) is 0 Å². The van der Waals surface area contributed by atoms with Crippen molar-refractivity contribution in [3.05, 3.63) is 39.6 Å². The second kappa shape index (κ2) is 4.54. The van der Waals surface area contributed by atoms with Gasteiger partial charge in [-0.2, -0.15) is 0 Å². The van der Waals surface area contributed by atoms with Gasteiger partial charge < -0.3 is 4.98 Å². The van der Waals surface area contributed by atoms with E-state index in [1.165, 1.54) is 11.3 Å². The zero-order valence-corrected chi connectivity index (χ0v) is 10.1. The molecule has 0 aromatic carbocycles. The van der Waals surface area contributed by atoms with Crippen molar-refractivity contribution in [1.29, 1.82) is 0 Å². The number of H-pyrrole nitrogens is 1. The Kier molecular flexibility index (Phi) is 3.12. The van der Waals surface area contributed by atoms with Gasteiger partial charge in [0.15, 0.2) is 5.13 Å². The lowest BCUT2D eigenvalue weighted by molar-refractivity contribution is 0.102. The Labute approximate surface area is 101 Å². The number of nitrogens with one attached hydrogen (secondary N) is 2. The predicted molar refractivity (Wildman–Crippen MR) is 66.4 cm³/mol. The maximum atomic E-state index is 11.8. The number of carbonyl (C=O) groups excluding carboxylic acids is 1. The molecule has 0 saturated heterocycles. The molecule has 0 spiro atoms. The molecule has 2 N–H and O–H groups in total. The molecule has 2 heterocycles. The molecule has 2 aromatic heterocycles. The first kappa shape index (κ1) is 11.0. The monoisotopic (exact) mass is 251 g/mol. The van der Waals surface area contributed by atoms with Gasteiger partial charge in [-0.05, 0) is 19.1 Å². The molecule has 4 nitrogen and oxygen atoms in total. The van der Waals surface area contributed by atoms with E-state index >= 15 is 0 Å². The van der Waals surface area contributed by atoms with E-state index in [1.54, 1.807) is 24.5 Å². The van der Waals surface area contributed by atoms with Gasteiger partial charge >= 0.3 is 0 Å². The lowest BCUT2D eigenvalue weighted by Gasteiger charge is -2.00. The third kappa shape index (κ3) is 2.34. The first-order valence-electron chi connectivity index (χ1n) is 4.58. The number of hydrogen-bond donors (Lipinski definition) is 2. The fourth-order valence-corrected chi connectivity index (χ4v) is 2.07. The minimum Gasteiger partial charge on any atom is -0.352 e. The minimum atomic E-state index is -0.240. The van der Waals surface area contributed by atoms with Gasteiger partial charge in [0, 0.05) is 17.3 Å². The Morgan fingerprint density at radius 1 is 1.62 bits per heavy atom. The maximum absolute atomic E-state index is 11.8. The number of amides is 1. The summed E-state index contributed by atoms with van der Waals surface area (Å²) < 4.78 is 0.424. The average Bonchev–Trinajstić information content (AvgIpc) is 2.64. The highest BCUT2D eigenvalue weighted by Gasteiger charge is 2.09. The van der Waals surface area contributed by atoms with E-state index in [0.717, 1.165) is 4.88 Å². The SMILES string of the molecule is Cc1cnc(NC(=O)c2ccc[nH]c2=S)s1. The quantitative estimate of drug-likeness (QED) is 0.807. The summed E-state index contributed by atoms with van der Waals surface area (Å²) in [5, 5.41) is 3.29. The van der Waals surface area contributed by atoms with Gasteiger partial charge in [-0.15, -0.1) is 11.3 Å². The average molecular weight is 251 g/mol. The number of aryl methyl sites for hydroxylation is 1. The Hall–Kier alpha value is -1.53. The second-order valence-electron chi connectivity index (χ2n) is 3.14. The van der Waals surface area contributed by atoms with Gasteiger partial charge in [0.2, 0.25) is 0 Å². The molecule has 82 valence electrons. The van der Waals surface area contributed by atoms with Gasteiger partial charge in [0.05, 0.1) is 5.56 Å². The third-order valence-electron chi connectivity index (χ3n) is 1.90. The lowest BCUT2D eigenvalue weighted by Crippen LogP contribution is -2.12. The molecule has 0 aliphatic carbocycles. The van der Waals surface area contributed by atoms with Crippen molar-refractivity contribution >= 4 is 34.6 Å². The highest BCUT2D eigenvalue weighted by Crippen LogP contribution is 2.17. The van der Waals surface area contributed by atoms with Crippen LogP contribution in [-0.2, 0) is 0 Å². The van der Waals surface area contributed by atoms with E-state index in [-0.39, 0.29) is 5.91 Å².